The third kappa shape index (κ3) is 4.64. The van der Waals surface area contributed by atoms with E-state index in [1.54, 1.807) is 0 Å². The first-order chi connectivity index (χ1) is 13.3. The minimum atomic E-state index is -0.502. The highest BCUT2D eigenvalue weighted by molar-refractivity contribution is 5.79. The van der Waals surface area contributed by atoms with E-state index in [0.29, 0.717) is 25.9 Å². The second-order valence-corrected chi connectivity index (χ2v) is 7.49. The molecule has 7 heteroatoms. The number of carbonyl (C=O) groups excluding carboxylic acids is 1. The van der Waals surface area contributed by atoms with Gasteiger partial charge in [0.25, 0.3) is 0 Å². The van der Waals surface area contributed by atoms with Gasteiger partial charge in [0.15, 0.2) is 0 Å². The van der Waals surface area contributed by atoms with Crippen molar-refractivity contribution >= 4 is 11.9 Å². The quantitative estimate of drug-likeness (QED) is 0.852. The van der Waals surface area contributed by atoms with Crippen LogP contribution in [-0.2, 0) is 17.6 Å². The molecule has 28 heavy (non-hydrogen) atoms. The maximum Gasteiger partial charge on any atom is 0.227 e. The zero-order chi connectivity index (χ0) is 20.3. The Kier molecular flexibility index (Phi) is 6.21. The Bertz CT molecular complexity index is 828. The fourth-order valence-electron chi connectivity index (χ4n) is 3.93. The molecule has 1 aromatic carbocycles. The lowest BCUT2D eigenvalue weighted by Gasteiger charge is -2.33. The minimum Gasteiger partial charge on any atom is -0.368 e. The summed E-state index contributed by atoms with van der Waals surface area (Å²) in [6.07, 6.45) is 3.10. The molecule has 1 amide bonds. The second kappa shape index (κ2) is 8.63. The van der Waals surface area contributed by atoms with Crippen molar-refractivity contribution in [3.8, 4) is 0 Å². The van der Waals surface area contributed by atoms with Crippen LogP contribution in [0.25, 0.3) is 0 Å². The van der Waals surface area contributed by atoms with Gasteiger partial charge in [-0.15, -0.1) is 0 Å². The first-order valence-corrected chi connectivity index (χ1v) is 9.65. The average molecular weight is 388 g/mol. The van der Waals surface area contributed by atoms with Gasteiger partial charge in [0.2, 0.25) is 11.9 Å². The van der Waals surface area contributed by atoms with Gasteiger partial charge in [0, 0.05) is 35.6 Å². The van der Waals surface area contributed by atoms with E-state index in [1.165, 1.54) is 18.2 Å². The molecule has 2 N–H and O–H groups in total. The number of nitrogens with two attached hydrogens (primary N) is 1. The zero-order valence-electron chi connectivity index (χ0n) is 16.3. The summed E-state index contributed by atoms with van der Waals surface area (Å²) in [5.41, 5.74) is 8.05. The number of halogens is 2. The molecule has 2 aromatic rings. The number of likely N-dealkylation sites (tertiary alicyclic amines) is 1. The summed E-state index contributed by atoms with van der Waals surface area (Å²) >= 11 is 0. The number of hydrogen-bond donors (Lipinski definition) is 1. The summed E-state index contributed by atoms with van der Waals surface area (Å²) in [6, 6.07) is 3.95. The number of aromatic nitrogens is 2. The van der Waals surface area contributed by atoms with Crippen LogP contribution in [0.5, 0.6) is 0 Å². The summed E-state index contributed by atoms with van der Waals surface area (Å²) in [5.74, 6) is -0.524. The molecule has 0 saturated carbocycles. The molecule has 150 valence electrons. The van der Waals surface area contributed by atoms with Crippen LogP contribution in [0.15, 0.2) is 18.2 Å². The lowest BCUT2D eigenvalue weighted by Crippen LogP contribution is -2.41. The van der Waals surface area contributed by atoms with E-state index >= 15 is 0 Å². The van der Waals surface area contributed by atoms with Crippen molar-refractivity contribution in [1.29, 1.82) is 0 Å². The normalized spacial score (nSPS) is 17.0. The van der Waals surface area contributed by atoms with Crippen molar-refractivity contribution in [1.82, 2.24) is 14.9 Å². The molecule has 5 nitrogen and oxygen atoms in total. The summed E-state index contributed by atoms with van der Waals surface area (Å²) in [7, 11) is 0. The van der Waals surface area contributed by atoms with E-state index in [4.69, 9.17) is 5.73 Å². The van der Waals surface area contributed by atoms with Gasteiger partial charge in [0.05, 0.1) is 6.42 Å². The number of aryl methyl sites for hydroxylation is 2. The summed E-state index contributed by atoms with van der Waals surface area (Å²) in [5, 5.41) is 0. The molecule has 1 saturated heterocycles. The maximum atomic E-state index is 13.8. The van der Waals surface area contributed by atoms with Crippen molar-refractivity contribution in [3.63, 3.8) is 0 Å². The Hall–Kier alpha value is -2.57. The van der Waals surface area contributed by atoms with Crippen molar-refractivity contribution in [2.75, 3.05) is 18.8 Å². The van der Waals surface area contributed by atoms with E-state index in [1.807, 2.05) is 18.7 Å². The first kappa shape index (κ1) is 20.2. The van der Waals surface area contributed by atoms with Gasteiger partial charge in [-0.25, -0.2) is 18.7 Å². The lowest BCUT2D eigenvalue weighted by molar-refractivity contribution is -0.132. The van der Waals surface area contributed by atoms with E-state index in [2.05, 4.69) is 9.97 Å². The monoisotopic (exact) mass is 388 g/mol. The number of amides is 1. The molecular formula is C21H26F2N4O. The molecule has 1 fully saturated rings. The van der Waals surface area contributed by atoms with Crippen LogP contribution in [0.1, 0.15) is 41.8 Å². The van der Waals surface area contributed by atoms with Gasteiger partial charge < -0.3 is 10.6 Å². The molecule has 0 spiro atoms. The van der Waals surface area contributed by atoms with Gasteiger partial charge in [-0.3, -0.25) is 4.79 Å². The molecule has 0 aliphatic carbocycles. The Morgan fingerprint density at radius 3 is 2.46 bits per heavy atom. The predicted molar refractivity (Wildman–Crippen MR) is 104 cm³/mol. The highest BCUT2D eigenvalue weighted by atomic mass is 19.1. The number of anilines is 1. The van der Waals surface area contributed by atoms with Gasteiger partial charge in [-0.05, 0) is 57.6 Å². The largest absolute Gasteiger partial charge is 0.368 e. The maximum absolute atomic E-state index is 13.8. The molecule has 0 bridgehead atoms. The predicted octanol–water partition coefficient (Wildman–Crippen LogP) is 3.37. The number of nitrogens with zero attached hydrogens (tertiary/aromatic N) is 3. The smallest absolute Gasteiger partial charge is 0.227 e. The standard InChI is InChI=1S/C21H26F2N4O/c1-13-17(14(2)26-21(24)25-13)11-20(28)27-10-4-5-15(12-27)8-9-16-18(22)6-3-7-19(16)23/h3,6-7,15H,4-5,8-12H2,1-2H3,(H2,24,25,26)/t15-/m0/s1. The Morgan fingerprint density at radius 2 is 1.82 bits per heavy atom. The molecule has 1 aliphatic rings. The first-order valence-electron chi connectivity index (χ1n) is 9.65. The number of rotatable bonds is 5. The average Bonchev–Trinajstić information content (AvgIpc) is 2.64. The van der Waals surface area contributed by atoms with Crippen molar-refractivity contribution in [2.45, 2.75) is 46.0 Å². The Morgan fingerprint density at radius 1 is 1.18 bits per heavy atom. The summed E-state index contributed by atoms with van der Waals surface area (Å²) in [6.45, 7) is 4.98. The molecule has 1 aliphatic heterocycles. The van der Waals surface area contributed by atoms with Crippen LogP contribution < -0.4 is 5.73 Å². The van der Waals surface area contributed by atoms with Gasteiger partial charge in [-0.1, -0.05) is 6.07 Å². The van der Waals surface area contributed by atoms with Crippen molar-refractivity contribution < 1.29 is 13.6 Å². The number of piperidine rings is 1. The Balaban J connectivity index is 1.61. The molecule has 2 heterocycles. The number of hydrogen-bond acceptors (Lipinski definition) is 4. The third-order valence-electron chi connectivity index (χ3n) is 5.50. The fraction of sp³-hybridized carbons (Fsp3) is 0.476. The van der Waals surface area contributed by atoms with E-state index in [9.17, 15) is 13.6 Å². The number of carbonyl (C=O) groups is 1. The molecule has 0 unspecified atom stereocenters. The van der Waals surface area contributed by atoms with Crippen LogP contribution in [-0.4, -0.2) is 33.9 Å². The molecule has 1 aromatic heterocycles. The van der Waals surface area contributed by atoms with Crippen LogP contribution >= 0.6 is 0 Å². The van der Waals surface area contributed by atoms with Crippen LogP contribution in [0, 0.1) is 31.4 Å². The lowest BCUT2D eigenvalue weighted by atomic mass is 9.91. The topological polar surface area (TPSA) is 72.1 Å². The highest BCUT2D eigenvalue weighted by Gasteiger charge is 2.25. The van der Waals surface area contributed by atoms with Gasteiger partial charge >= 0.3 is 0 Å². The number of benzene rings is 1. The molecular weight excluding hydrogens is 362 g/mol. The Labute approximate surface area is 164 Å². The zero-order valence-corrected chi connectivity index (χ0v) is 16.3. The van der Waals surface area contributed by atoms with Crippen LogP contribution in [0.2, 0.25) is 0 Å². The number of nitrogen functional groups attached to an aromatic ring is 1. The SMILES string of the molecule is Cc1nc(N)nc(C)c1CC(=O)N1CCC[C@@H](CCc2c(F)cccc2F)C1. The highest BCUT2D eigenvalue weighted by Crippen LogP contribution is 2.24. The van der Waals surface area contributed by atoms with Crippen molar-refractivity contribution in [3.05, 3.63) is 52.3 Å². The van der Waals surface area contributed by atoms with Gasteiger partial charge in [-0.2, -0.15) is 0 Å². The van der Waals surface area contributed by atoms with Crippen LogP contribution in [0.3, 0.4) is 0 Å². The molecule has 1 atom stereocenters. The van der Waals surface area contributed by atoms with E-state index in [-0.39, 0.29) is 29.8 Å². The van der Waals surface area contributed by atoms with E-state index in [0.717, 1.165) is 29.8 Å². The van der Waals surface area contributed by atoms with Crippen LogP contribution in [0.4, 0.5) is 14.7 Å². The van der Waals surface area contributed by atoms with E-state index < -0.39 is 11.6 Å². The summed E-state index contributed by atoms with van der Waals surface area (Å²) < 4.78 is 27.7. The second-order valence-electron chi connectivity index (χ2n) is 7.49. The third-order valence-corrected chi connectivity index (χ3v) is 5.50. The minimum absolute atomic E-state index is 0.0290. The summed E-state index contributed by atoms with van der Waals surface area (Å²) in [4.78, 5) is 23.0. The van der Waals surface area contributed by atoms with Crippen molar-refractivity contribution in [2.24, 2.45) is 5.92 Å². The van der Waals surface area contributed by atoms with Gasteiger partial charge in [0.1, 0.15) is 11.6 Å². The molecule has 0 radical (unpaired) electrons. The molecule has 3 rings (SSSR count). The fourth-order valence-corrected chi connectivity index (χ4v) is 3.93.